The monoisotopic (exact) mass is 448 g/mol. The number of carbonyl (C=O) groups is 1. The van der Waals surface area contributed by atoms with Crippen LogP contribution in [0.15, 0.2) is 28.1 Å². The van der Waals surface area contributed by atoms with Crippen LogP contribution >= 0.6 is 15.9 Å². The lowest BCUT2D eigenvalue weighted by Crippen LogP contribution is -2.21. The average Bonchev–Trinajstić information content (AvgIpc) is 3.05. The molecule has 146 valence electrons. The third-order valence-corrected chi connectivity index (χ3v) is 4.98. The number of nitrogens with one attached hydrogen (secondary N) is 1. The summed E-state index contributed by atoms with van der Waals surface area (Å²) < 4.78 is 21.6. The van der Waals surface area contributed by atoms with Crippen LogP contribution in [0.3, 0.4) is 0 Å². The molecule has 3 N–H and O–H groups in total. The molecule has 2 aromatic rings. The van der Waals surface area contributed by atoms with E-state index in [0.29, 0.717) is 33.0 Å². The van der Waals surface area contributed by atoms with Crippen LogP contribution < -0.4 is 19.9 Å². The lowest BCUT2D eigenvalue weighted by atomic mass is 9.84. The maximum absolute atomic E-state index is 11.4. The Morgan fingerprint density at radius 2 is 2.18 bits per heavy atom. The summed E-state index contributed by atoms with van der Waals surface area (Å²) in [7, 11) is 2.75. The topological polar surface area (TPSA) is 132 Å². The number of carbonyl (C=O) groups excluding carboxylic acids is 1. The SMILES string of the molecule is COC(=O)COc1cc(Br)c(C2C(C#N)=C(N)Oc3n[nH]c(C)c32)cc1OC. The summed E-state index contributed by atoms with van der Waals surface area (Å²) >= 11 is 3.52. The Kier molecular flexibility index (Phi) is 5.46. The number of nitrogens with two attached hydrogens (primary N) is 1. The molecule has 0 fully saturated rings. The van der Waals surface area contributed by atoms with Crippen LogP contribution in [0, 0.1) is 18.3 Å². The molecule has 2 heterocycles. The standard InChI is InChI=1S/C18H17BrN4O5/c1-8-15-16(10(6-20)17(21)28-18(15)23-22-8)9-4-12(25-2)13(5-11(9)19)27-7-14(24)26-3/h4-5,16H,7,21H2,1-3H3,(H,22,23). The van der Waals surface area contributed by atoms with Crippen molar-refractivity contribution in [3.8, 4) is 23.4 Å². The Hall–Kier alpha value is -3.19. The van der Waals surface area contributed by atoms with E-state index in [2.05, 4.69) is 36.9 Å². The van der Waals surface area contributed by atoms with Crippen molar-refractivity contribution < 1.29 is 23.7 Å². The maximum Gasteiger partial charge on any atom is 0.343 e. The number of ether oxygens (including phenoxy) is 4. The zero-order valence-corrected chi connectivity index (χ0v) is 16.9. The van der Waals surface area contributed by atoms with Crippen LogP contribution in [0.1, 0.15) is 22.7 Å². The first-order chi connectivity index (χ1) is 13.4. The number of aromatic nitrogens is 2. The van der Waals surface area contributed by atoms with Crippen molar-refractivity contribution in [2.24, 2.45) is 5.73 Å². The molecule has 0 aliphatic carbocycles. The summed E-state index contributed by atoms with van der Waals surface area (Å²) in [6.45, 7) is 1.56. The Bertz CT molecular complexity index is 1010. The van der Waals surface area contributed by atoms with E-state index in [-0.39, 0.29) is 18.1 Å². The van der Waals surface area contributed by atoms with Gasteiger partial charge in [-0.2, -0.15) is 5.26 Å². The zero-order chi connectivity index (χ0) is 20.4. The molecule has 3 rings (SSSR count). The first kappa shape index (κ1) is 19.6. The second kappa shape index (κ2) is 7.82. The van der Waals surface area contributed by atoms with Crippen molar-refractivity contribution in [2.75, 3.05) is 20.8 Å². The first-order valence-electron chi connectivity index (χ1n) is 8.10. The molecular formula is C18H17BrN4O5. The number of allylic oxidation sites excluding steroid dienone is 1. The van der Waals surface area contributed by atoms with Crippen molar-refractivity contribution in [1.82, 2.24) is 10.2 Å². The number of halogens is 1. The molecule has 1 atom stereocenters. The van der Waals surface area contributed by atoms with Crippen LogP contribution in [-0.2, 0) is 9.53 Å². The number of hydrogen-bond donors (Lipinski definition) is 2. The highest BCUT2D eigenvalue weighted by Gasteiger charge is 2.36. The highest BCUT2D eigenvalue weighted by Crippen LogP contribution is 2.47. The largest absolute Gasteiger partial charge is 0.493 e. The van der Waals surface area contributed by atoms with Gasteiger partial charge in [-0.3, -0.25) is 5.10 Å². The number of esters is 1. The summed E-state index contributed by atoms with van der Waals surface area (Å²) in [4.78, 5) is 11.4. The van der Waals surface area contributed by atoms with Crippen LogP contribution in [-0.4, -0.2) is 37.0 Å². The molecule has 28 heavy (non-hydrogen) atoms. The summed E-state index contributed by atoms with van der Waals surface area (Å²) in [5.74, 6) is -0.0140. The number of nitrogens with zero attached hydrogens (tertiary/aromatic N) is 2. The minimum Gasteiger partial charge on any atom is -0.493 e. The van der Waals surface area contributed by atoms with Gasteiger partial charge >= 0.3 is 5.97 Å². The minimum absolute atomic E-state index is 0.0108. The van der Waals surface area contributed by atoms with Crippen LogP contribution in [0.25, 0.3) is 0 Å². The molecule has 0 radical (unpaired) electrons. The fraction of sp³-hybridized carbons (Fsp3) is 0.278. The van der Waals surface area contributed by atoms with E-state index in [1.807, 2.05) is 6.92 Å². The van der Waals surface area contributed by atoms with Crippen molar-refractivity contribution in [2.45, 2.75) is 12.8 Å². The van der Waals surface area contributed by atoms with Gasteiger partial charge < -0.3 is 24.7 Å². The molecule has 0 saturated carbocycles. The minimum atomic E-state index is -0.523. The number of hydrogen-bond acceptors (Lipinski definition) is 8. The van der Waals surface area contributed by atoms with Crippen molar-refractivity contribution in [3.63, 3.8) is 0 Å². The van der Waals surface area contributed by atoms with Gasteiger partial charge in [-0.25, -0.2) is 4.79 Å². The molecule has 1 aromatic heterocycles. The number of rotatable bonds is 5. The molecule has 1 aliphatic rings. The van der Waals surface area contributed by atoms with E-state index in [4.69, 9.17) is 19.9 Å². The van der Waals surface area contributed by atoms with Gasteiger partial charge in [0.25, 0.3) is 0 Å². The van der Waals surface area contributed by atoms with Gasteiger partial charge in [0.15, 0.2) is 18.1 Å². The number of benzene rings is 1. The fourth-order valence-electron chi connectivity index (χ4n) is 2.95. The van der Waals surface area contributed by atoms with Gasteiger partial charge in [0, 0.05) is 15.7 Å². The van der Waals surface area contributed by atoms with Crippen LogP contribution in [0.2, 0.25) is 0 Å². The van der Waals surface area contributed by atoms with E-state index in [1.54, 1.807) is 12.1 Å². The van der Waals surface area contributed by atoms with Crippen molar-refractivity contribution >= 4 is 21.9 Å². The lowest BCUT2D eigenvalue weighted by Gasteiger charge is -2.25. The third kappa shape index (κ3) is 3.36. The molecule has 1 aliphatic heterocycles. The Morgan fingerprint density at radius 1 is 1.43 bits per heavy atom. The maximum atomic E-state index is 11.4. The van der Waals surface area contributed by atoms with E-state index in [0.717, 1.165) is 5.69 Å². The number of H-pyrrole nitrogens is 1. The van der Waals surface area contributed by atoms with Gasteiger partial charge in [-0.15, -0.1) is 5.10 Å². The Balaban J connectivity index is 2.11. The van der Waals surface area contributed by atoms with E-state index in [1.165, 1.54) is 14.2 Å². The van der Waals surface area contributed by atoms with E-state index < -0.39 is 11.9 Å². The Labute approximate surface area is 169 Å². The number of aryl methyl sites for hydroxylation is 1. The molecule has 1 aromatic carbocycles. The summed E-state index contributed by atoms with van der Waals surface area (Å²) in [6, 6.07) is 5.50. The van der Waals surface area contributed by atoms with Gasteiger partial charge in [0.2, 0.25) is 11.8 Å². The van der Waals surface area contributed by atoms with Gasteiger partial charge in [-0.05, 0) is 24.6 Å². The normalized spacial score (nSPS) is 15.3. The van der Waals surface area contributed by atoms with Crippen molar-refractivity contribution in [3.05, 3.63) is 44.9 Å². The number of aromatic amines is 1. The predicted molar refractivity (Wildman–Crippen MR) is 101 cm³/mol. The first-order valence-corrected chi connectivity index (χ1v) is 8.90. The van der Waals surface area contributed by atoms with Gasteiger partial charge in [-0.1, -0.05) is 15.9 Å². The molecule has 0 amide bonds. The molecular weight excluding hydrogens is 432 g/mol. The van der Waals surface area contributed by atoms with Crippen molar-refractivity contribution in [1.29, 1.82) is 5.26 Å². The van der Waals surface area contributed by atoms with Gasteiger partial charge in [0.1, 0.15) is 11.6 Å². The predicted octanol–water partition coefficient (Wildman–Crippen LogP) is 2.26. The van der Waals surface area contributed by atoms with E-state index in [9.17, 15) is 10.1 Å². The molecule has 1 unspecified atom stereocenters. The molecule has 0 saturated heterocycles. The Morgan fingerprint density at radius 3 is 2.82 bits per heavy atom. The molecule has 0 spiro atoms. The van der Waals surface area contributed by atoms with Crippen LogP contribution in [0.5, 0.6) is 17.4 Å². The summed E-state index contributed by atoms with van der Waals surface area (Å²) in [6.07, 6.45) is 0. The molecule has 0 bridgehead atoms. The zero-order valence-electron chi connectivity index (χ0n) is 15.3. The second-order valence-electron chi connectivity index (χ2n) is 5.88. The van der Waals surface area contributed by atoms with Crippen LogP contribution in [0.4, 0.5) is 0 Å². The smallest absolute Gasteiger partial charge is 0.343 e. The van der Waals surface area contributed by atoms with Gasteiger partial charge in [0.05, 0.1) is 20.1 Å². The number of nitriles is 1. The molecule has 10 heteroatoms. The highest BCUT2D eigenvalue weighted by atomic mass is 79.9. The lowest BCUT2D eigenvalue weighted by molar-refractivity contribution is -0.142. The van der Waals surface area contributed by atoms with E-state index >= 15 is 0 Å². The number of methoxy groups -OCH3 is 2. The number of fused-ring (bicyclic) bond motifs is 1. The average molecular weight is 449 g/mol. The molecule has 9 nitrogen and oxygen atoms in total. The quantitative estimate of drug-likeness (QED) is 0.665. The third-order valence-electron chi connectivity index (χ3n) is 4.30. The fourth-order valence-corrected chi connectivity index (χ4v) is 3.50. The summed E-state index contributed by atoms with van der Waals surface area (Å²) in [5.41, 5.74) is 8.36. The second-order valence-corrected chi connectivity index (χ2v) is 6.74. The highest BCUT2D eigenvalue weighted by molar-refractivity contribution is 9.10. The summed E-state index contributed by atoms with van der Waals surface area (Å²) in [5, 5.41) is 16.6.